The number of halogens is 4. The number of hydrogen-bond acceptors (Lipinski definition) is 4. The van der Waals surface area contributed by atoms with E-state index in [0.29, 0.717) is 18.8 Å². The molecule has 0 amide bonds. The van der Waals surface area contributed by atoms with Crippen LogP contribution >= 0.6 is 24.0 Å². The van der Waals surface area contributed by atoms with Gasteiger partial charge in [0.2, 0.25) is 0 Å². The van der Waals surface area contributed by atoms with Crippen LogP contribution in [0.3, 0.4) is 0 Å². The molecule has 1 aromatic carbocycles. The average Bonchev–Trinajstić information content (AvgIpc) is 2.95. The zero-order chi connectivity index (χ0) is 17.6. The third kappa shape index (κ3) is 7.15. The van der Waals surface area contributed by atoms with Crippen LogP contribution in [0.5, 0.6) is 5.75 Å². The van der Waals surface area contributed by atoms with Gasteiger partial charge in [0.05, 0.1) is 6.54 Å². The van der Waals surface area contributed by atoms with Gasteiger partial charge in [-0.2, -0.15) is 0 Å². The lowest BCUT2D eigenvalue weighted by Gasteiger charge is -2.10. The fourth-order valence-electron chi connectivity index (χ4n) is 1.95. The Balaban J connectivity index is 0.00000312. The highest BCUT2D eigenvalue weighted by Crippen LogP contribution is 2.23. The summed E-state index contributed by atoms with van der Waals surface area (Å²) in [5, 5.41) is 10.6. The minimum absolute atomic E-state index is 0. The van der Waals surface area contributed by atoms with Gasteiger partial charge in [0.25, 0.3) is 0 Å². The molecule has 0 fully saturated rings. The zero-order valence-electron chi connectivity index (χ0n) is 13.3. The highest BCUT2D eigenvalue weighted by molar-refractivity contribution is 14.0. The molecule has 7 nitrogen and oxygen atoms in total. The van der Waals surface area contributed by atoms with E-state index in [0.717, 1.165) is 12.2 Å². The first-order valence-electron chi connectivity index (χ1n) is 7.17. The molecule has 0 unspecified atom stereocenters. The maximum atomic E-state index is 12.1. The zero-order valence-corrected chi connectivity index (χ0v) is 15.7. The molecule has 11 heteroatoms. The molecule has 0 saturated carbocycles. The second-order valence-corrected chi connectivity index (χ2v) is 4.76. The van der Waals surface area contributed by atoms with Crippen molar-refractivity contribution >= 4 is 35.6 Å². The Morgan fingerprint density at radius 3 is 2.60 bits per heavy atom. The van der Waals surface area contributed by atoms with E-state index in [2.05, 4.69) is 25.2 Å². The quantitative estimate of drug-likeness (QED) is 0.385. The number of aliphatic imine (C=N–C) groups is 1. The molecule has 1 heterocycles. The number of aromatic nitrogens is 3. The average molecular weight is 470 g/mol. The van der Waals surface area contributed by atoms with Crippen LogP contribution in [0.25, 0.3) is 0 Å². The number of aryl methyl sites for hydroxylation is 1. The largest absolute Gasteiger partial charge is 0.573 e. The third-order valence-corrected chi connectivity index (χ3v) is 3.00. The van der Waals surface area contributed by atoms with Crippen LogP contribution in [0.15, 0.2) is 35.6 Å². The number of nitrogens with zero attached hydrogens (tertiary/aromatic N) is 4. The molecule has 0 spiro atoms. The van der Waals surface area contributed by atoms with Crippen molar-refractivity contribution in [3.05, 3.63) is 36.4 Å². The lowest BCUT2D eigenvalue weighted by Crippen LogP contribution is -2.23. The fourth-order valence-corrected chi connectivity index (χ4v) is 1.95. The SMILES string of the molecule is CCc1nncn1CCN=C(N)Nc1ccc(OC(F)(F)F)cc1.I. The van der Waals surface area contributed by atoms with Gasteiger partial charge >= 0.3 is 6.36 Å². The molecule has 0 aliphatic heterocycles. The molecular weight excluding hydrogens is 452 g/mol. The molecule has 138 valence electrons. The Morgan fingerprint density at radius 1 is 1.32 bits per heavy atom. The summed E-state index contributed by atoms with van der Waals surface area (Å²) in [5.74, 6) is 0.714. The molecule has 25 heavy (non-hydrogen) atoms. The van der Waals surface area contributed by atoms with E-state index in [4.69, 9.17) is 5.73 Å². The van der Waals surface area contributed by atoms with E-state index >= 15 is 0 Å². The summed E-state index contributed by atoms with van der Waals surface area (Å²) >= 11 is 0. The standard InChI is InChI=1S/C14H17F3N6O.HI/c1-2-12-22-20-9-23(12)8-7-19-13(18)21-10-3-5-11(6-4-10)24-14(15,16)17;/h3-6,9H,2,7-8H2,1H3,(H3,18,19,21);1H. The first kappa shape index (κ1) is 21.0. The summed E-state index contributed by atoms with van der Waals surface area (Å²) in [6, 6.07) is 5.21. The molecule has 1 aromatic heterocycles. The van der Waals surface area contributed by atoms with Gasteiger partial charge in [0.15, 0.2) is 5.96 Å². The third-order valence-electron chi connectivity index (χ3n) is 3.00. The van der Waals surface area contributed by atoms with Crippen molar-refractivity contribution in [2.75, 3.05) is 11.9 Å². The molecule has 0 bridgehead atoms. The molecule has 0 atom stereocenters. The molecule has 0 radical (unpaired) electrons. The van der Waals surface area contributed by atoms with Gasteiger partial charge in [-0.05, 0) is 24.3 Å². The number of benzene rings is 1. The predicted molar refractivity (Wildman–Crippen MR) is 98.1 cm³/mol. The summed E-state index contributed by atoms with van der Waals surface area (Å²) in [6.45, 7) is 2.97. The van der Waals surface area contributed by atoms with Crippen molar-refractivity contribution in [1.82, 2.24) is 14.8 Å². The maximum Gasteiger partial charge on any atom is 0.573 e. The van der Waals surface area contributed by atoms with Crippen molar-refractivity contribution in [3.8, 4) is 5.75 Å². The van der Waals surface area contributed by atoms with Crippen molar-refractivity contribution in [2.24, 2.45) is 10.7 Å². The number of nitrogens with one attached hydrogen (secondary N) is 1. The molecule has 2 aromatic rings. The number of guanidine groups is 1. The van der Waals surface area contributed by atoms with E-state index < -0.39 is 6.36 Å². The second-order valence-electron chi connectivity index (χ2n) is 4.76. The Morgan fingerprint density at radius 2 is 2.00 bits per heavy atom. The number of anilines is 1. The lowest BCUT2D eigenvalue weighted by atomic mass is 10.3. The van der Waals surface area contributed by atoms with Crippen LogP contribution in [-0.4, -0.2) is 33.6 Å². The fraction of sp³-hybridized carbons (Fsp3) is 0.357. The van der Waals surface area contributed by atoms with Gasteiger partial charge in [-0.15, -0.1) is 47.3 Å². The van der Waals surface area contributed by atoms with Crippen molar-refractivity contribution in [2.45, 2.75) is 26.3 Å². The van der Waals surface area contributed by atoms with Crippen LogP contribution in [-0.2, 0) is 13.0 Å². The van der Waals surface area contributed by atoms with Gasteiger partial charge in [-0.1, -0.05) is 6.92 Å². The van der Waals surface area contributed by atoms with Crippen LogP contribution < -0.4 is 15.8 Å². The normalized spacial score (nSPS) is 11.8. The number of alkyl halides is 3. The summed E-state index contributed by atoms with van der Waals surface area (Å²) < 4.78 is 41.9. The van der Waals surface area contributed by atoms with Gasteiger partial charge in [-0.3, -0.25) is 4.99 Å². The summed E-state index contributed by atoms with van der Waals surface area (Å²) in [6.07, 6.45) is -2.32. The van der Waals surface area contributed by atoms with E-state index in [9.17, 15) is 13.2 Å². The lowest BCUT2D eigenvalue weighted by molar-refractivity contribution is -0.274. The van der Waals surface area contributed by atoms with Crippen LogP contribution in [0.4, 0.5) is 18.9 Å². The Kier molecular flexibility index (Phi) is 7.93. The molecule has 0 aliphatic carbocycles. The Hall–Kier alpha value is -2.05. The second kappa shape index (κ2) is 9.44. The van der Waals surface area contributed by atoms with Crippen molar-refractivity contribution < 1.29 is 17.9 Å². The monoisotopic (exact) mass is 470 g/mol. The predicted octanol–water partition coefficient (Wildman–Crippen LogP) is 2.78. The van der Waals surface area contributed by atoms with Crippen LogP contribution in [0.1, 0.15) is 12.7 Å². The summed E-state index contributed by atoms with van der Waals surface area (Å²) in [4.78, 5) is 4.15. The van der Waals surface area contributed by atoms with Crippen molar-refractivity contribution in [3.63, 3.8) is 0 Å². The van der Waals surface area contributed by atoms with E-state index in [1.807, 2.05) is 11.5 Å². The minimum Gasteiger partial charge on any atom is -0.406 e. The Bertz CT molecular complexity index is 687. The number of rotatable bonds is 6. The molecule has 0 saturated heterocycles. The minimum atomic E-state index is -4.71. The molecule has 2 rings (SSSR count). The van der Waals surface area contributed by atoms with Crippen LogP contribution in [0, 0.1) is 0 Å². The van der Waals surface area contributed by atoms with Crippen LogP contribution in [0.2, 0.25) is 0 Å². The number of hydrogen-bond donors (Lipinski definition) is 2. The Labute approximate surface area is 159 Å². The van der Waals surface area contributed by atoms with E-state index in [1.165, 1.54) is 24.3 Å². The van der Waals surface area contributed by atoms with Gasteiger partial charge < -0.3 is 20.4 Å². The smallest absolute Gasteiger partial charge is 0.406 e. The highest BCUT2D eigenvalue weighted by Gasteiger charge is 2.30. The first-order valence-corrected chi connectivity index (χ1v) is 7.17. The summed E-state index contributed by atoms with van der Waals surface area (Å²) in [5.41, 5.74) is 6.25. The van der Waals surface area contributed by atoms with E-state index in [-0.39, 0.29) is 35.7 Å². The maximum absolute atomic E-state index is 12.1. The highest BCUT2D eigenvalue weighted by atomic mass is 127. The molecular formula is C14H18F3IN6O. The topological polar surface area (TPSA) is 90.4 Å². The molecule has 3 N–H and O–H groups in total. The molecule has 0 aliphatic rings. The summed E-state index contributed by atoms with van der Waals surface area (Å²) in [7, 11) is 0. The number of ether oxygens (including phenoxy) is 1. The van der Waals surface area contributed by atoms with Gasteiger partial charge in [0, 0.05) is 18.7 Å². The van der Waals surface area contributed by atoms with Crippen molar-refractivity contribution in [1.29, 1.82) is 0 Å². The first-order chi connectivity index (χ1) is 11.4. The van der Waals surface area contributed by atoms with E-state index in [1.54, 1.807) is 6.33 Å². The van der Waals surface area contributed by atoms with Gasteiger partial charge in [-0.25, -0.2) is 0 Å². The number of nitrogens with two attached hydrogens (primary N) is 1. The van der Waals surface area contributed by atoms with Gasteiger partial charge in [0.1, 0.15) is 17.9 Å².